The van der Waals surface area contributed by atoms with Gasteiger partial charge < -0.3 is 10.6 Å². The van der Waals surface area contributed by atoms with Crippen molar-refractivity contribution >= 4 is 23.2 Å². The highest BCUT2D eigenvalue weighted by atomic mass is 35.5. The summed E-state index contributed by atoms with van der Waals surface area (Å²) in [5.74, 6) is 0.472. The van der Waals surface area contributed by atoms with Crippen molar-refractivity contribution in [2.45, 2.75) is 26.7 Å². The summed E-state index contributed by atoms with van der Waals surface area (Å²) >= 11 is 5.92. The van der Waals surface area contributed by atoms with Crippen LogP contribution in [0.5, 0.6) is 0 Å². The van der Waals surface area contributed by atoms with E-state index in [1.807, 2.05) is 32.0 Å². The van der Waals surface area contributed by atoms with Crippen LogP contribution in [0.1, 0.15) is 28.8 Å². The van der Waals surface area contributed by atoms with Gasteiger partial charge in [0.25, 0.3) is 5.56 Å². The molecule has 0 aromatic carbocycles. The summed E-state index contributed by atoms with van der Waals surface area (Å²) < 4.78 is 0. The van der Waals surface area contributed by atoms with Crippen molar-refractivity contribution in [2.75, 3.05) is 23.7 Å². The largest absolute Gasteiger partial charge is 0.384 e. The van der Waals surface area contributed by atoms with Crippen LogP contribution in [-0.2, 0) is 6.42 Å². The number of rotatable bonds is 8. The zero-order valence-corrected chi connectivity index (χ0v) is 16.7. The minimum atomic E-state index is -0.140. The molecular formula is C20H23ClN6O. The van der Waals surface area contributed by atoms with Gasteiger partial charge in [-0.2, -0.15) is 0 Å². The molecule has 0 spiro atoms. The number of hydrogen-bond donors (Lipinski definition) is 3. The molecular weight excluding hydrogens is 376 g/mol. The molecule has 3 aromatic heterocycles. The van der Waals surface area contributed by atoms with Gasteiger partial charge >= 0.3 is 0 Å². The summed E-state index contributed by atoms with van der Waals surface area (Å²) in [6.45, 7) is 5.29. The van der Waals surface area contributed by atoms with E-state index < -0.39 is 0 Å². The number of aromatic amines is 1. The van der Waals surface area contributed by atoms with Gasteiger partial charge in [-0.1, -0.05) is 17.7 Å². The second-order valence-corrected chi connectivity index (χ2v) is 6.97. The molecule has 0 radical (unpaired) electrons. The van der Waals surface area contributed by atoms with Crippen LogP contribution in [0.15, 0.2) is 41.6 Å². The van der Waals surface area contributed by atoms with Gasteiger partial charge in [0.05, 0.1) is 11.9 Å². The number of aromatic nitrogens is 4. The average molecular weight is 399 g/mol. The number of nitrogens with one attached hydrogen (secondary N) is 3. The van der Waals surface area contributed by atoms with Crippen molar-refractivity contribution in [3.63, 3.8) is 0 Å². The van der Waals surface area contributed by atoms with Crippen LogP contribution in [0.2, 0.25) is 5.15 Å². The topological polar surface area (TPSA) is 95.6 Å². The van der Waals surface area contributed by atoms with E-state index in [-0.39, 0.29) is 5.56 Å². The van der Waals surface area contributed by atoms with Gasteiger partial charge in [0.2, 0.25) is 5.95 Å². The molecule has 0 aliphatic heterocycles. The lowest BCUT2D eigenvalue weighted by molar-refractivity contribution is 0.887. The number of H-pyrrole nitrogens is 1. The Kier molecular flexibility index (Phi) is 6.60. The average Bonchev–Trinajstić information content (AvgIpc) is 2.68. The lowest BCUT2D eigenvalue weighted by atomic mass is 10.1. The zero-order chi connectivity index (χ0) is 19.9. The van der Waals surface area contributed by atoms with Crippen molar-refractivity contribution in [1.29, 1.82) is 0 Å². The normalized spacial score (nSPS) is 10.7. The quantitative estimate of drug-likeness (QED) is 0.398. The highest BCUT2D eigenvalue weighted by Crippen LogP contribution is 2.15. The van der Waals surface area contributed by atoms with Crippen LogP contribution < -0.4 is 16.2 Å². The number of aryl methyl sites for hydroxylation is 2. The Hall–Kier alpha value is -2.93. The molecule has 0 fully saturated rings. The number of halogens is 1. The lowest BCUT2D eigenvalue weighted by Crippen LogP contribution is -2.18. The van der Waals surface area contributed by atoms with Crippen molar-refractivity contribution in [1.82, 2.24) is 19.9 Å². The van der Waals surface area contributed by atoms with E-state index in [9.17, 15) is 4.79 Å². The molecule has 3 N–H and O–H groups in total. The van der Waals surface area contributed by atoms with E-state index in [1.165, 1.54) is 0 Å². The Morgan fingerprint density at radius 1 is 1.04 bits per heavy atom. The molecule has 0 saturated heterocycles. The maximum atomic E-state index is 12.3. The zero-order valence-electron chi connectivity index (χ0n) is 15.9. The first kappa shape index (κ1) is 19.8. The molecule has 0 atom stereocenters. The fraction of sp³-hybridized carbons (Fsp3) is 0.300. The van der Waals surface area contributed by atoms with Gasteiger partial charge in [0.1, 0.15) is 5.15 Å². The summed E-state index contributed by atoms with van der Waals surface area (Å²) in [6, 6.07) is 5.87. The Morgan fingerprint density at radius 2 is 1.86 bits per heavy atom. The van der Waals surface area contributed by atoms with E-state index in [0.717, 1.165) is 35.5 Å². The second kappa shape index (κ2) is 9.32. The van der Waals surface area contributed by atoms with E-state index in [0.29, 0.717) is 29.6 Å². The van der Waals surface area contributed by atoms with Crippen LogP contribution >= 0.6 is 11.6 Å². The molecule has 0 saturated carbocycles. The molecule has 3 rings (SSSR count). The third-order valence-corrected chi connectivity index (χ3v) is 4.63. The summed E-state index contributed by atoms with van der Waals surface area (Å²) in [5, 5.41) is 6.94. The summed E-state index contributed by atoms with van der Waals surface area (Å²) in [4.78, 5) is 27.7. The molecule has 7 nitrogen and oxygen atoms in total. The van der Waals surface area contributed by atoms with E-state index in [2.05, 4.69) is 30.6 Å². The third-order valence-electron chi connectivity index (χ3n) is 4.23. The van der Waals surface area contributed by atoms with Gasteiger partial charge in [-0.25, -0.2) is 9.97 Å². The molecule has 3 aromatic rings. The Labute approximate surface area is 168 Å². The van der Waals surface area contributed by atoms with Crippen LogP contribution in [0, 0.1) is 13.8 Å². The number of anilines is 2. The van der Waals surface area contributed by atoms with Gasteiger partial charge in [-0.3, -0.25) is 14.8 Å². The monoisotopic (exact) mass is 398 g/mol. The lowest BCUT2D eigenvalue weighted by Gasteiger charge is -2.09. The van der Waals surface area contributed by atoms with Crippen LogP contribution in [0.25, 0.3) is 0 Å². The number of nitrogens with zero attached hydrogens (tertiary/aromatic N) is 3. The van der Waals surface area contributed by atoms with Gasteiger partial charge in [0, 0.05) is 43.2 Å². The van der Waals surface area contributed by atoms with Gasteiger partial charge in [-0.05, 0) is 43.5 Å². The van der Waals surface area contributed by atoms with Crippen LogP contribution in [0.3, 0.4) is 0 Å². The number of hydrogen-bond acceptors (Lipinski definition) is 6. The minimum absolute atomic E-state index is 0.140. The summed E-state index contributed by atoms with van der Waals surface area (Å²) in [7, 11) is 0. The molecule has 0 aliphatic carbocycles. The first-order valence-electron chi connectivity index (χ1n) is 9.11. The highest BCUT2D eigenvalue weighted by Gasteiger charge is 2.05. The smallest absolute Gasteiger partial charge is 0.255 e. The predicted molar refractivity (Wildman–Crippen MR) is 112 cm³/mol. The SMILES string of the molecule is Cc1ccc(Cc2cnc(NCCCNc3cnc(Cl)c(C)c3)[nH]c2=O)cn1. The molecule has 0 aliphatic rings. The van der Waals surface area contributed by atoms with Gasteiger partial charge in [0.15, 0.2) is 0 Å². The van der Waals surface area contributed by atoms with E-state index in [4.69, 9.17) is 11.6 Å². The Balaban J connectivity index is 1.46. The molecule has 0 amide bonds. The Morgan fingerprint density at radius 3 is 2.57 bits per heavy atom. The minimum Gasteiger partial charge on any atom is -0.384 e. The standard InChI is InChI=1S/C20H23ClN6O/c1-13-8-17(12-25-18(13)21)22-6-3-7-23-20-26-11-16(19(28)27-20)9-15-5-4-14(2)24-10-15/h4-5,8,10-12,22H,3,6-7,9H2,1-2H3,(H2,23,26,27,28). The Bertz CT molecular complexity index is 987. The van der Waals surface area contributed by atoms with Gasteiger partial charge in [-0.15, -0.1) is 0 Å². The van der Waals surface area contributed by atoms with Crippen molar-refractivity contribution in [2.24, 2.45) is 0 Å². The summed E-state index contributed by atoms with van der Waals surface area (Å²) in [6.07, 6.45) is 6.47. The van der Waals surface area contributed by atoms with E-state index in [1.54, 1.807) is 18.6 Å². The van der Waals surface area contributed by atoms with Crippen LogP contribution in [0.4, 0.5) is 11.6 Å². The summed E-state index contributed by atoms with van der Waals surface area (Å²) in [5.41, 5.74) is 4.28. The molecule has 146 valence electrons. The first-order valence-corrected chi connectivity index (χ1v) is 9.48. The van der Waals surface area contributed by atoms with Crippen LogP contribution in [-0.4, -0.2) is 33.0 Å². The maximum absolute atomic E-state index is 12.3. The molecule has 0 bridgehead atoms. The third kappa shape index (κ3) is 5.53. The van der Waals surface area contributed by atoms with Crippen molar-refractivity contribution in [3.8, 4) is 0 Å². The highest BCUT2D eigenvalue weighted by molar-refractivity contribution is 6.30. The van der Waals surface area contributed by atoms with Crippen molar-refractivity contribution < 1.29 is 0 Å². The molecule has 3 heterocycles. The van der Waals surface area contributed by atoms with Crippen molar-refractivity contribution in [3.05, 3.63) is 74.7 Å². The predicted octanol–water partition coefficient (Wildman–Crippen LogP) is 3.34. The number of pyridine rings is 2. The molecule has 8 heteroatoms. The van der Waals surface area contributed by atoms with E-state index >= 15 is 0 Å². The molecule has 0 unspecified atom stereocenters. The first-order chi connectivity index (χ1) is 13.5. The molecule has 28 heavy (non-hydrogen) atoms. The fourth-order valence-electron chi connectivity index (χ4n) is 2.64. The second-order valence-electron chi connectivity index (χ2n) is 6.61. The fourth-order valence-corrected chi connectivity index (χ4v) is 2.75. The maximum Gasteiger partial charge on any atom is 0.255 e.